The Bertz CT molecular complexity index is 785. The van der Waals surface area contributed by atoms with Crippen LogP contribution in [-0.2, 0) is 4.84 Å². The van der Waals surface area contributed by atoms with Crippen LogP contribution in [0.3, 0.4) is 0 Å². The van der Waals surface area contributed by atoms with Crippen LogP contribution < -0.4 is 0 Å². The van der Waals surface area contributed by atoms with Crippen molar-refractivity contribution in [2.75, 3.05) is 13.7 Å². The quantitative estimate of drug-likeness (QED) is 0.451. The molecule has 0 fully saturated rings. The van der Waals surface area contributed by atoms with Gasteiger partial charge in [0, 0.05) is 19.2 Å². The summed E-state index contributed by atoms with van der Waals surface area (Å²) in [6, 6.07) is 11.4. The molecule has 0 saturated carbocycles. The van der Waals surface area contributed by atoms with Gasteiger partial charge in [-0.25, -0.2) is 4.98 Å². The highest BCUT2D eigenvalue weighted by atomic mass is 16.6. The molecule has 0 bridgehead atoms. The predicted octanol–water partition coefficient (Wildman–Crippen LogP) is 3.63. The molecule has 138 valence electrons. The second kappa shape index (κ2) is 10.9. The van der Waals surface area contributed by atoms with E-state index in [-0.39, 0.29) is 0 Å². The average molecular weight is 354 g/mol. The van der Waals surface area contributed by atoms with E-state index in [4.69, 9.17) is 15.4 Å². The molecule has 2 rings (SSSR count). The Kier molecular flexibility index (Phi) is 8.87. The number of pyridine rings is 2. The van der Waals surface area contributed by atoms with Crippen molar-refractivity contribution in [2.45, 2.75) is 27.2 Å². The number of aliphatic hydroxyl groups is 1. The number of nitrogens with zero attached hydrogens (tertiary/aromatic N) is 3. The SMILES string of the molecule is C=C(CCO/N=C(\C)c1cccc(C)n1)c1cccc(C(C)=N)n1.CO. The zero-order valence-corrected chi connectivity index (χ0v) is 15.8. The highest BCUT2D eigenvalue weighted by Crippen LogP contribution is 2.14. The van der Waals surface area contributed by atoms with Gasteiger partial charge in [-0.3, -0.25) is 4.98 Å². The van der Waals surface area contributed by atoms with E-state index in [9.17, 15) is 0 Å². The number of nitrogens with one attached hydrogen (secondary N) is 1. The van der Waals surface area contributed by atoms with Gasteiger partial charge in [0.1, 0.15) is 12.3 Å². The van der Waals surface area contributed by atoms with E-state index in [0.717, 1.165) is 35.5 Å². The molecule has 2 aromatic rings. The Hall–Kier alpha value is -2.86. The van der Waals surface area contributed by atoms with Gasteiger partial charge in [-0.1, -0.05) is 23.9 Å². The molecule has 6 heteroatoms. The van der Waals surface area contributed by atoms with Gasteiger partial charge >= 0.3 is 0 Å². The molecule has 0 atom stereocenters. The van der Waals surface area contributed by atoms with Crippen LogP contribution in [0.15, 0.2) is 48.1 Å². The zero-order valence-electron chi connectivity index (χ0n) is 15.8. The van der Waals surface area contributed by atoms with Crippen LogP contribution >= 0.6 is 0 Å². The number of aryl methyl sites for hydroxylation is 1. The largest absolute Gasteiger partial charge is 0.400 e. The molecule has 2 aromatic heterocycles. The highest BCUT2D eigenvalue weighted by Gasteiger charge is 2.04. The van der Waals surface area contributed by atoms with Crippen molar-refractivity contribution < 1.29 is 9.94 Å². The lowest BCUT2D eigenvalue weighted by atomic mass is 10.1. The van der Waals surface area contributed by atoms with Crippen LogP contribution in [0, 0.1) is 12.3 Å². The molecule has 0 aliphatic heterocycles. The minimum atomic E-state index is 0.414. The van der Waals surface area contributed by atoms with E-state index in [1.54, 1.807) is 6.92 Å². The summed E-state index contributed by atoms with van der Waals surface area (Å²) in [6.45, 7) is 9.98. The summed E-state index contributed by atoms with van der Waals surface area (Å²) < 4.78 is 0. The molecule has 0 aliphatic rings. The van der Waals surface area contributed by atoms with Gasteiger partial charge in [-0.2, -0.15) is 0 Å². The van der Waals surface area contributed by atoms with E-state index >= 15 is 0 Å². The van der Waals surface area contributed by atoms with Crippen LogP contribution in [0.5, 0.6) is 0 Å². The molecule has 2 heterocycles. The summed E-state index contributed by atoms with van der Waals surface area (Å²) in [7, 11) is 1.00. The van der Waals surface area contributed by atoms with E-state index in [0.29, 0.717) is 24.4 Å². The van der Waals surface area contributed by atoms with E-state index < -0.39 is 0 Å². The molecular weight excluding hydrogens is 328 g/mol. The standard InChI is InChI=1S/C19H22N4O.CH4O/c1-13(17-8-6-9-18(22-17)15(3)20)11-12-24-23-16(4)19-10-5-7-14(2)21-19;1-2/h5-10,20H,1,11-12H2,2-4H3;2H,1H3/b20-15?,23-16+;. The first-order chi connectivity index (χ1) is 12.5. The molecule has 2 N–H and O–H groups in total. The van der Waals surface area contributed by atoms with Crippen LogP contribution in [0.25, 0.3) is 5.57 Å². The van der Waals surface area contributed by atoms with Crippen LogP contribution in [0.2, 0.25) is 0 Å². The Morgan fingerprint density at radius 1 is 1.08 bits per heavy atom. The van der Waals surface area contributed by atoms with Crippen LogP contribution in [-0.4, -0.2) is 40.2 Å². The van der Waals surface area contributed by atoms with Crippen molar-refractivity contribution in [3.8, 4) is 0 Å². The molecular formula is C20H26N4O2. The number of hydrogen-bond donors (Lipinski definition) is 2. The van der Waals surface area contributed by atoms with Crippen molar-refractivity contribution in [1.29, 1.82) is 5.41 Å². The summed E-state index contributed by atoms with van der Waals surface area (Å²) in [4.78, 5) is 14.2. The van der Waals surface area contributed by atoms with Gasteiger partial charge in [0.25, 0.3) is 0 Å². The number of hydrogen-bond acceptors (Lipinski definition) is 6. The summed E-state index contributed by atoms with van der Waals surface area (Å²) >= 11 is 0. The highest BCUT2D eigenvalue weighted by molar-refractivity contribution is 5.96. The molecule has 0 saturated heterocycles. The molecule has 0 aromatic carbocycles. The van der Waals surface area contributed by atoms with Gasteiger partial charge < -0.3 is 15.4 Å². The molecule has 0 amide bonds. The third kappa shape index (κ3) is 6.57. The number of rotatable bonds is 7. The normalized spacial score (nSPS) is 10.6. The van der Waals surface area contributed by atoms with Gasteiger partial charge in [0.05, 0.1) is 22.8 Å². The number of oxime groups is 1. The van der Waals surface area contributed by atoms with Gasteiger partial charge in [0.2, 0.25) is 0 Å². The maximum absolute atomic E-state index is 7.64. The van der Waals surface area contributed by atoms with Crippen molar-refractivity contribution in [1.82, 2.24) is 9.97 Å². The summed E-state index contributed by atoms with van der Waals surface area (Å²) in [6.07, 6.45) is 0.617. The molecule has 0 spiro atoms. The fraction of sp³-hybridized carbons (Fsp3) is 0.300. The Labute approximate surface area is 154 Å². The topological polar surface area (TPSA) is 91.5 Å². The monoisotopic (exact) mass is 354 g/mol. The lowest BCUT2D eigenvalue weighted by Crippen LogP contribution is -2.02. The van der Waals surface area contributed by atoms with Crippen molar-refractivity contribution in [3.05, 3.63) is 65.8 Å². The lowest BCUT2D eigenvalue weighted by Gasteiger charge is -2.07. The summed E-state index contributed by atoms with van der Waals surface area (Å²) in [5, 5.41) is 18.7. The first kappa shape index (κ1) is 21.2. The van der Waals surface area contributed by atoms with Gasteiger partial charge in [-0.05, 0) is 50.6 Å². The summed E-state index contributed by atoms with van der Waals surface area (Å²) in [5.74, 6) is 0. The molecule has 0 radical (unpaired) electrons. The first-order valence-electron chi connectivity index (χ1n) is 8.23. The van der Waals surface area contributed by atoms with Crippen molar-refractivity contribution >= 4 is 17.0 Å². The Balaban J connectivity index is 0.00000163. The van der Waals surface area contributed by atoms with Crippen LogP contribution in [0.1, 0.15) is 43.0 Å². The summed E-state index contributed by atoms with van der Waals surface area (Å²) in [5.41, 5.74) is 5.24. The smallest absolute Gasteiger partial charge is 0.121 e. The Morgan fingerprint density at radius 2 is 1.69 bits per heavy atom. The number of aliphatic hydroxyl groups excluding tert-OH is 1. The predicted molar refractivity (Wildman–Crippen MR) is 106 cm³/mol. The lowest BCUT2D eigenvalue weighted by molar-refractivity contribution is 0.150. The average Bonchev–Trinajstić information content (AvgIpc) is 2.66. The molecule has 0 unspecified atom stereocenters. The van der Waals surface area contributed by atoms with Gasteiger partial charge in [-0.15, -0.1) is 0 Å². The van der Waals surface area contributed by atoms with E-state index in [1.165, 1.54) is 0 Å². The fourth-order valence-electron chi connectivity index (χ4n) is 2.07. The van der Waals surface area contributed by atoms with Crippen molar-refractivity contribution in [2.24, 2.45) is 5.16 Å². The van der Waals surface area contributed by atoms with Crippen molar-refractivity contribution in [3.63, 3.8) is 0 Å². The maximum Gasteiger partial charge on any atom is 0.121 e. The Morgan fingerprint density at radius 3 is 2.35 bits per heavy atom. The van der Waals surface area contributed by atoms with E-state index in [2.05, 4.69) is 21.7 Å². The third-order valence-electron chi connectivity index (χ3n) is 3.45. The zero-order chi connectivity index (χ0) is 19.5. The minimum absolute atomic E-state index is 0.414. The number of aromatic nitrogens is 2. The van der Waals surface area contributed by atoms with Gasteiger partial charge in [0.15, 0.2) is 0 Å². The fourth-order valence-corrected chi connectivity index (χ4v) is 2.07. The first-order valence-corrected chi connectivity index (χ1v) is 8.23. The third-order valence-corrected chi connectivity index (χ3v) is 3.45. The second-order valence-corrected chi connectivity index (χ2v) is 5.56. The molecule has 0 aliphatic carbocycles. The van der Waals surface area contributed by atoms with E-state index in [1.807, 2.05) is 50.2 Å². The second-order valence-electron chi connectivity index (χ2n) is 5.56. The molecule has 6 nitrogen and oxygen atoms in total. The minimum Gasteiger partial charge on any atom is -0.400 e. The molecule has 26 heavy (non-hydrogen) atoms. The van der Waals surface area contributed by atoms with Crippen LogP contribution in [0.4, 0.5) is 0 Å². The maximum atomic E-state index is 7.64.